The molecule has 0 bridgehead atoms. The number of unbranched alkanes of at least 4 members (excludes halogenated alkanes) is 1. The summed E-state index contributed by atoms with van der Waals surface area (Å²) in [5, 5.41) is 27.7. The Morgan fingerprint density at radius 2 is 1.77 bits per heavy atom. The van der Waals surface area contributed by atoms with Gasteiger partial charge in [0.05, 0.1) is 11.3 Å². The van der Waals surface area contributed by atoms with Gasteiger partial charge in [0.1, 0.15) is 17.0 Å². The summed E-state index contributed by atoms with van der Waals surface area (Å²) in [4.78, 5) is 2.90. The Morgan fingerprint density at radius 1 is 1.00 bits per heavy atom. The first-order valence-corrected chi connectivity index (χ1v) is 11.1. The Labute approximate surface area is 187 Å². The molecule has 0 atom stereocenters. The lowest BCUT2D eigenvalue weighted by Crippen LogP contribution is -2.23. The lowest BCUT2D eigenvalue weighted by molar-refractivity contribution is 0.716. The van der Waals surface area contributed by atoms with Crippen LogP contribution in [0.4, 0.5) is 16.4 Å². The molecule has 3 rings (SSSR count). The molecule has 0 aliphatic heterocycles. The van der Waals surface area contributed by atoms with Crippen LogP contribution in [0.15, 0.2) is 58.8 Å². The van der Waals surface area contributed by atoms with E-state index < -0.39 is 0 Å². The van der Waals surface area contributed by atoms with Crippen LogP contribution in [0.1, 0.15) is 46.9 Å². The van der Waals surface area contributed by atoms with Crippen LogP contribution in [-0.2, 0) is 6.54 Å². The van der Waals surface area contributed by atoms with Gasteiger partial charge >= 0.3 is 0 Å². The molecule has 0 aliphatic carbocycles. The number of nitriles is 2. The van der Waals surface area contributed by atoms with Crippen LogP contribution in [-0.4, -0.2) is 6.54 Å². The highest BCUT2D eigenvalue weighted by atomic mass is 32.1. The second kappa shape index (κ2) is 10.5. The van der Waals surface area contributed by atoms with Gasteiger partial charge in [-0.25, -0.2) is 0 Å². The Balaban J connectivity index is 1.85. The smallest absolute Gasteiger partial charge is 0.158 e. The first-order chi connectivity index (χ1) is 15.1. The minimum Gasteiger partial charge on any atom is -0.367 e. The van der Waals surface area contributed by atoms with Gasteiger partial charge < -0.3 is 4.90 Å². The molecular formula is C25H25N5S. The van der Waals surface area contributed by atoms with E-state index >= 15 is 0 Å². The molecule has 0 saturated carbocycles. The number of aryl methyl sites for hydroxylation is 1. The van der Waals surface area contributed by atoms with Crippen LogP contribution in [0.25, 0.3) is 0 Å². The lowest BCUT2D eigenvalue weighted by Gasteiger charge is -2.25. The third-order valence-corrected chi connectivity index (χ3v) is 6.21. The van der Waals surface area contributed by atoms with Crippen molar-refractivity contribution in [2.24, 2.45) is 10.2 Å². The highest BCUT2D eigenvalue weighted by Gasteiger charge is 2.15. The predicted molar refractivity (Wildman–Crippen MR) is 126 cm³/mol. The van der Waals surface area contributed by atoms with E-state index in [1.54, 1.807) is 6.92 Å². The SMILES string of the molecule is CCCCN(Cc1ccccc1)c1ccc(N=Nc2sc(C#N)c(C)c2C#N)c(C)c1. The Hall–Kier alpha value is -3.48. The second-order valence-electron chi connectivity index (χ2n) is 7.39. The zero-order valence-electron chi connectivity index (χ0n) is 18.1. The molecule has 2 aromatic carbocycles. The third-order valence-electron chi connectivity index (χ3n) is 5.13. The summed E-state index contributed by atoms with van der Waals surface area (Å²) < 4.78 is 0. The average Bonchev–Trinajstić information content (AvgIpc) is 3.10. The van der Waals surface area contributed by atoms with Gasteiger partial charge in [0.25, 0.3) is 0 Å². The van der Waals surface area contributed by atoms with E-state index in [4.69, 9.17) is 0 Å². The first kappa shape index (κ1) is 22.2. The highest BCUT2D eigenvalue weighted by molar-refractivity contribution is 7.16. The molecule has 1 heterocycles. The van der Waals surface area contributed by atoms with Gasteiger partial charge in [-0.05, 0) is 55.2 Å². The van der Waals surface area contributed by atoms with E-state index in [1.165, 1.54) is 16.9 Å². The number of hydrogen-bond acceptors (Lipinski definition) is 6. The van der Waals surface area contributed by atoms with Crippen molar-refractivity contribution >= 4 is 27.7 Å². The summed E-state index contributed by atoms with van der Waals surface area (Å²) in [5.41, 5.74) is 5.31. The highest BCUT2D eigenvalue weighted by Crippen LogP contribution is 2.36. The molecule has 3 aromatic rings. The zero-order valence-corrected chi connectivity index (χ0v) is 18.9. The monoisotopic (exact) mass is 427 g/mol. The number of anilines is 1. The molecule has 0 N–H and O–H groups in total. The number of hydrogen-bond donors (Lipinski definition) is 0. The third kappa shape index (κ3) is 5.36. The summed E-state index contributed by atoms with van der Waals surface area (Å²) in [6, 6.07) is 20.9. The van der Waals surface area contributed by atoms with Gasteiger partial charge in [0.15, 0.2) is 5.00 Å². The van der Waals surface area contributed by atoms with E-state index in [0.717, 1.165) is 42.9 Å². The topological polar surface area (TPSA) is 75.5 Å². The summed E-state index contributed by atoms with van der Waals surface area (Å²) in [6.45, 7) is 7.84. The van der Waals surface area contributed by atoms with E-state index in [-0.39, 0.29) is 0 Å². The fraction of sp³-hybridized carbons (Fsp3) is 0.280. The van der Waals surface area contributed by atoms with Crippen LogP contribution >= 0.6 is 11.3 Å². The standard InChI is InChI=1S/C25H25N5S/c1-4-5-13-30(17-20-9-7-6-8-10-20)21-11-12-23(18(2)14-21)28-29-25-22(15-26)19(3)24(16-27)31-25/h6-12,14H,4-5,13,17H2,1-3H3. The normalized spacial score (nSPS) is 10.7. The number of nitrogens with zero attached hydrogens (tertiary/aromatic N) is 5. The predicted octanol–water partition coefficient (Wildman–Crippen LogP) is 7.33. The molecule has 0 amide bonds. The molecule has 0 spiro atoms. The Morgan fingerprint density at radius 3 is 2.42 bits per heavy atom. The minimum absolute atomic E-state index is 0.424. The summed E-state index contributed by atoms with van der Waals surface area (Å²) in [5.74, 6) is 0. The van der Waals surface area contributed by atoms with Crippen molar-refractivity contribution in [3.63, 3.8) is 0 Å². The van der Waals surface area contributed by atoms with Crippen LogP contribution in [0, 0.1) is 36.5 Å². The maximum absolute atomic E-state index is 9.39. The van der Waals surface area contributed by atoms with Crippen molar-refractivity contribution in [1.82, 2.24) is 0 Å². The molecule has 0 radical (unpaired) electrons. The number of rotatable bonds is 8. The van der Waals surface area contributed by atoms with Gasteiger partial charge in [-0.2, -0.15) is 10.5 Å². The fourth-order valence-corrected chi connectivity index (χ4v) is 4.18. The molecule has 5 nitrogen and oxygen atoms in total. The summed E-state index contributed by atoms with van der Waals surface area (Å²) >= 11 is 1.20. The van der Waals surface area contributed by atoms with E-state index in [9.17, 15) is 10.5 Å². The van der Waals surface area contributed by atoms with Gasteiger partial charge in [-0.3, -0.25) is 0 Å². The molecule has 156 valence electrons. The van der Waals surface area contributed by atoms with Crippen molar-refractivity contribution in [2.75, 3.05) is 11.4 Å². The number of thiophene rings is 1. The zero-order chi connectivity index (χ0) is 22.2. The van der Waals surface area contributed by atoms with Crippen LogP contribution in [0.3, 0.4) is 0 Å². The Bertz CT molecular complexity index is 1150. The average molecular weight is 428 g/mol. The Kier molecular flexibility index (Phi) is 7.54. The molecule has 31 heavy (non-hydrogen) atoms. The summed E-state index contributed by atoms with van der Waals surface area (Å²) in [6.07, 6.45) is 2.27. The lowest BCUT2D eigenvalue weighted by atomic mass is 10.1. The molecule has 0 aliphatic rings. The largest absolute Gasteiger partial charge is 0.367 e. The van der Waals surface area contributed by atoms with Gasteiger partial charge in [-0.15, -0.1) is 21.6 Å². The van der Waals surface area contributed by atoms with E-state index in [1.807, 2.05) is 19.1 Å². The second-order valence-corrected chi connectivity index (χ2v) is 8.39. The molecular weight excluding hydrogens is 402 g/mol. The van der Waals surface area contributed by atoms with Crippen molar-refractivity contribution in [3.8, 4) is 12.1 Å². The molecule has 0 unspecified atom stereocenters. The number of azo groups is 1. The molecule has 6 heteroatoms. The molecule has 0 saturated heterocycles. The maximum Gasteiger partial charge on any atom is 0.158 e. The summed E-state index contributed by atoms with van der Waals surface area (Å²) in [7, 11) is 0. The van der Waals surface area contributed by atoms with Gasteiger partial charge in [0.2, 0.25) is 0 Å². The van der Waals surface area contributed by atoms with E-state index in [2.05, 4.69) is 70.6 Å². The minimum atomic E-state index is 0.424. The van der Waals surface area contributed by atoms with E-state index in [0.29, 0.717) is 21.0 Å². The molecule has 1 aromatic heterocycles. The van der Waals surface area contributed by atoms with Crippen LogP contribution < -0.4 is 4.90 Å². The van der Waals surface area contributed by atoms with Gasteiger partial charge in [0, 0.05) is 18.8 Å². The fourth-order valence-electron chi connectivity index (χ4n) is 3.31. The van der Waals surface area contributed by atoms with Gasteiger partial charge in [-0.1, -0.05) is 43.7 Å². The molecule has 0 fully saturated rings. The van der Waals surface area contributed by atoms with Crippen molar-refractivity contribution in [2.45, 2.75) is 40.2 Å². The van der Waals surface area contributed by atoms with Crippen LogP contribution in [0.5, 0.6) is 0 Å². The first-order valence-electron chi connectivity index (χ1n) is 10.3. The van der Waals surface area contributed by atoms with Crippen molar-refractivity contribution < 1.29 is 0 Å². The van der Waals surface area contributed by atoms with Crippen molar-refractivity contribution in [1.29, 1.82) is 10.5 Å². The quantitative estimate of drug-likeness (QED) is 0.353. The number of benzene rings is 2. The van der Waals surface area contributed by atoms with Crippen LogP contribution in [0.2, 0.25) is 0 Å². The maximum atomic E-state index is 9.39. The van der Waals surface area contributed by atoms with Crippen molar-refractivity contribution in [3.05, 3.63) is 75.7 Å².